The quantitative estimate of drug-likeness (QED) is 0.445. The van der Waals surface area contributed by atoms with E-state index in [2.05, 4.69) is 10.3 Å². The van der Waals surface area contributed by atoms with Crippen molar-refractivity contribution in [3.8, 4) is 0 Å². The van der Waals surface area contributed by atoms with E-state index in [1.807, 2.05) is 36.4 Å². The Labute approximate surface area is 106 Å². The van der Waals surface area contributed by atoms with Crippen molar-refractivity contribution in [2.24, 2.45) is 0 Å². The van der Waals surface area contributed by atoms with Gasteiger partial charge in [0.25, 0.3) is 0 Å². The number of thioether (sulfide) groups is 1. The number of hydrogen-bond donors (Lipinski definition) is 3. The molecule has 7 heteroatoms. The highest BCUT2D eigenvalue weighted by molar-refractivity contribution is 8.24. The molecule has 0 saturated carbocycles. The van der Waals surface area contributed by atoms with Crippen LogP contribution in [-0.4, -0.2) is 13.1 Å². The molecular formula is C9H10N2O2S3. The van der Waals surface area contributed by atoms with Crippen molar-refractivity contribution in [3.63, 3.8) is 0 Å². The minimum atomic E-state index is -2.11. The topological polar surface area (TPSA) is 61.4 Å². The highest BCUT2D eigenvalue weighted by atomic mass is 32.2. The molecule has 0 bridgehead atoms. The van der Waals surface area contributed by atoms with Crippen LogP contribution in [0.1, 0.15) is 5.56 Å². The third-order valence-electron chi connectivity index (χ3n) is 1.48. The van der Waals surface area contributed by atoms with Crippen molar-refractivity contribution in [1.82, 2.24) is 10.3 Å². The van der Waals surface area contributed by atoms with E-state index in [-0.39, 0.29) is 0 Å². The lowest BCUT2D eigenvalue weighted by Gasteiger charge is -2.02. The minimum absolute atomic E-state index is 0.370. The van der Waals surface area contributed by atoms with E-state index in [9.17, 15) is 4.21 Å². The SMILES string of the molecule is O=S(O)NNC(=S)SC=Cc1ccccc1. The molecule has 0 aliphatic heterocycles. The highest BCUT2D eigenvalue weighted by Gasteiger charge is 1.94. The van der Waals surface area contributed by atoms with Gasteiger partial charge in [-0.1, -0.05) is 54.3 Å². The lowest BCUT2D eigenvalue weighted by atomic mass is 10.2. The molecule has 0 aromatic heterocycles. The summed E-state index contributed by atoms with van der Waals surface area (Å²) in [6.45, 7) is 0. The zero-order valence-corrected chi connectivity index (χ0v) is 10.6. The summed E-state index contributed by atoms with van der Waals surface area (Å²) in [6.07, 6.45) is 1.90. The van der Waals surface area contributed by atoms with Crippen molar-refractivity contribution >= 4 is 45.6 Å². The second-order valence-electron chi connectivity index (χ2n) is 2.59. The summed E-state index contributed by atoms with van der Waals surface area (Å²) < 4.78 is 19.0. The molecule has 4 nitrogen and oxygen atoms in total. The van der Waals surface area contributed by atoms with E-state index in [1.54, 1.807) is 5.41 Å². The molecule has 0 heterocycles. The van der Waals surface area contributed by atoms with Crippen molar-refractivity contribution in [2.75, 3.05) is 0 Å². The van der Waals surface area contributed by atoms with Crippen LogP contribution < -0.4 is 10.3 Å². The lowest BCUT2D eigenvalue weighted by Crippen LogP contribution is -2.35. The Morgan fingerprint density at radius 1 is 1.44 bits per heavy atom. The molecule has 1 aromatic rings. The smallest absolute Gasteiger partial charge is 0.250 e. The monoisotopic (exact) mass is 274 g/mol. The van der Waals surface area contributed by atoms with Crippen LogP contribution in [0.15, 0.2) is 35.7 Å². The molecule has 1 aromatic carbocycles. The van der Waals surface area contributed by atoms with E-state index >= 15 is 0 Å². The van der Waals surface area contributed by atoms with Crippen LogP contribution in [0.5, 0.6) is 0 Å². The Balaban J connectivity index is 2.32. The second-order valence-corrected chi connectivity index (χ2v) is 4.88. The van der Waals surface area contributed by atoms with E-state index in [0.717, 1.165) is 5.56 Å². The fourth-order valence-electron chi connectivity index (χ4n) is 0.853. The standard InChI is InChI=1S/C9H10N2O2S3/c12-16(13)11-10-9(14)15-7-6-8-4-2-1-3-5-8/h1-7,11H,(H,10,14)(H,12,13). The fourth-order valence-corrected chi connectivity index (χ4v) is 1.85. The third kappa shape index (κ3) is 5.99. The average molecular weight is 274 g/mol. The maximum Gasteiger partial charge on any atom is 0.250 e. The largest absolute Gasteiger partial charge is 0.293 e. The number of thiocarbonyl (C=S) groups is 1. The summed E-state index contributed by atoms with van der Waals surface area (Å²) in [6, 6.07) is 9.76. The van der Waals surface area contributed by atoms with Gasteiger partial charge in [0.15, 0.2) is 4.32 Å². The van der Waals surface area contributed by atoms with Gasteiger partial charge in [-0.3, -0.25) is 9.98 Å². The molecular weight excluding hydrogens is 264 g/mol. The molecule has 0 fully saturated rings. The van der Waals surface area contributed by atoms with Gasteiger partial charge in [0.1, 0.15) is 0 Å². The van der Waals surface area contributed by atoms with Crippen molar-refractivity contribution < 1.29 is 8.76 Å². The summed E-state index contributed by atoms with van der Waals surface area (Å²) in [5.41, 5.74) is 3.48. The first-order valence-electron chi connectivity index (χ1n) is 4.23. The van der Waals surface area contributed by atoms with E-state index in [4.69, 9.17) is 16.8 Å². The number of hydrogen-bond acceptors (Lipinski definition) is 3. The van der Waals surface area contributed by atoms with Crippen molar-refractivity contribution in [3.05, 3.63) is 41.3 Å². The maximum absolute atomic E-state index is 10.2. The highest BCUT2D eigenvalue weighted by Crippen LogP contribution is 2.08. The van der Waals surface area contributed by atoms with Crippen LogP contribution >= 0.6 is 24.0 Å². The molecule has 0 saturated heterocycles. The summed E-state index contributed by atoms with van der Waals surface area (Å²) in [4.78, 5) is 2.08. The van der Waals surface area contributed by atoms with Crippen molar-refractivity contribution in [1.29, 1.82) is 0 Å². The molecule has 1 atom stereocenters. The normalized spacial score (nSPS) is 12.6. The van der Waals surface area contributed by atoms with Gasteiger partial charge < -0.3 is 0 Å². The molecule has 0 aliphatic carbocycles. The Kier molecular flexibility index (Phi) is 6.27. The summed E-state index contributed by atoms with van der Waals surface area (Å²) in [7, 11) is 0. The first-order chi connectivity index (χ1) is 7.68. The van der Waals surface area contributed by atoms with Crippen molar-refractivity contribution in [2.45, 2.75) is 0 Å². The fraction of sp³-hybridized carbons (Fsp3) is 0. The Hall–Kier alpha value is -0.730. The van der Waals surface area contributed by atoms with Gasteiger partial charge in [-0.25, -0.2) is 4.21 Å². The molecule has 0 aliphatic rings. The molecule has 1 unspecified atom stereocenters. The summed E-state index contributed by atoms with van der Waals surface area (Å²) in [5.74, 6) is 0. The van der Waals surface area contributed by atoms with Crippen LogP contribution in [0.3, 0.4) is 0 Å². The first-order valence-corrected chi connectivity index (χ1v) is 6.62. The van der Waals surface area contributed by atoms with Crippen LogP contribution in [0.25, 0.3) is 6.08 Å². The van der Waals surface area contributed by atoms with Crippen LogP contribution in [0.4, 0.5) is 0 Å². The van der Waals surface area contributed by atoms with Gasteiger partial charge in [0, 0.05) is 0 Å². The van der Waals surface area contributed by atoms with Gasteiger partial charge in [-0.05, 0) is 17.0 Å². The van der Waals surface area contributed by atoms with Crippen LogP contribution in [-0.2, 0) is 11.3 Å². The average Bonchev–Trinajstić information content (AvgIpc) is 2.28. The van der Waals surface area contributed by atoms with Gasteiger partial charge in [0.05, 0.1) is 0 Å². The first kappa shape index (κ1) is 13.3. The van der Waals surface area contributed by atoms with Gasteiger partial charge >= 0.3 is 0 Å². The Morgan fingerprint density at radius 3 is 2.75 bits per heavy atom. The van der Waals surface area contributed by atoms with Crippen LogP contribution in [0, 0.1) is 0 Å². The molecule has 16 heavy (non-hydrogen) atoms. The number of rotatable bonds is 4. The Morgan fingerprint density at radius 2 is 2.12 bits per heavy atom. The molecule has 86 valence electrons. The molecule has 1 rings (SSSR count). The Bertz CT molecular complexity index is 395. The van der Waals surface area contributed by atoms with Gasteiger partial charge in [-0.2, -0.15) is 0 Å². The van der Waals surface area contributed by atoms with E-state index < -0.39 is 11.3 Å². The number of hydrazine groups is 1. The molecule has 0 amide bonds. The third-order valence-corrected chi connectivity index (χ3v) is 2.73. The molecule has 0 radical (unpaired) electrons. The van der Waals surface area contributed by atoms with E-state index in [0.29, 0.717) is 4.32 Å². The second kappa shape index (κ2) is 7.53. The lowest BCUT2D eigenvalue weighted by molar-refractivity contribution is 0.545. The van der Waals surface area contributed by atoms with Crippen LogP contribution in [0.2, 0.25) is 0 Å². The van der Waals surface area contributed by atoms with Gasteiger partial charge in [-0.15, -0.1) is 4.83 Å². The minimum Gasteiger partial charge on any atom is -0.293 e. The van der Waals surface area contributed by atoms with Gasteiger partial charge in [0.2, 0.25) is 11.3 Å². The molecule has 0 spiro atoms. The predicted octanol–water partition coefficient (Wildman–Crippen LogP) is 1.91. The summed E-state index contributed by atoms with van der Waals surface area (Å²) >= 11 is 4.01. The zero-order chi connectivity index (χ0) is 11.8. The predicted molar refractivity (Wildman–Crippen MR) is 72.7 cm³/mol. The molecule has 3 N–H and O–H groups in total. The van der Waals surface area contributed by atoms with E-state index in [1.165, 1.54) is 11.8 Å². The maximum atomic E-state index is 10.2. The zero-order valence-electron chi connectivity index (χ0n) is 8.12. The number of benzene rings is 1. The summed E-state index contributed by atoms with van der Waals surface area (Å²) in [5, 5.41) is 1.80. The number of nitrogens with one attached hydrogen (secondary N) is 2.